The summed E-state index contributed by atoms with van der Waals surface area (Å²) >= 11 is 0. The highest BCUT2D eigenvalue weighted by atomic mass is 16.2. The number of aromatic amines is 1. The van der Waals surface area contributed by atoms with E-state index in [1.807, 2.05) is 52.9 Å². The van der Waals surface area contributed by atoms with Crippen LogP contribution in [0.2, 0.25) is 0 Å². The quantitative estimate of drug-likeness (QED) is 0.582. The standard InChI is InChI=1S/C20H18N4O/c1-13-6-8-23-12-18(22-19(23)10-13)20(25)24-9-7-17-15(11-24)14-4-2-3-5-16(14)21-17/h2-6,8,10,12,21H,7,9,11H2,1H3. The molecule has 4 aromatic rings. The molecule has 0 bridgehead atoms. The molecule has 0 fully saturated rings. The lowest BCUT2D eigenvalue weighted by atomic mass is 10.0. The number of nitrogens with one attached hydrogen (secondary N) is 1. The molecule has 1 amide bonds. The molecule has 0 radical (unpaired) electrons. The summed E-state index contributed by atoms with van der Waals surface area (Å²) in [6, 6.07) is 12.3. The van der Waals surface area contributed by atoms with Crippen molar-refractivity contribution in [3.63, 3.8) is 0 Å². The monoisotopic (exact) mass is 330 g/mol. The van der Waals surface area contributed by atoms with Crippen molar-refractivity contribution >= 4 is 22.5 Å². The van der Waals surface area contributed by atoms with Crippen molar-refractivity contribution in [1.82, 2.24) is 19.3 Å². The van der Waals surface area contributed by atoms with Crippen molar-refractivity contribution in [3.05, 3.63) is 71.3 Å². The number of fused-ring (bicyclic) bond motifs is 4. The van der Waals surface area contributed by atoms with E-state index in [-0.39, 0.29) is 5.91 Å². The van der Waals surface area contributed by atoms with Crippen LogP contribution in [0.15, 0.2) is 48.8 Å². The van der Waals surface area contributed by atoms with Gasteiger partial charge in [-0.1, -0.05) is 18.2 Å². The number of benzene rings is 1. The number of imidazole rings is 1. The summed E-state index contributed by atoms with van der Waals surface area (Å²) in [5, 5.41) is 1.21. The topological polar surface area (TPSA) is 53.4 Å². The predicted octanol–water partition coefficient (Wildman–Crippen LogP) is 3.32. The zero-order valence-electron chi connectivity index (χ0n) is 14.0. The maximum atomic E-state index is 13.0. The van der Waals surface area contributed by atoms with Crippen molar-refractivity contribution in [1.29, 1.82) is 0 Å². The zero-order valence-corrected chi connectivity index (χ0v) is 14.0. The Morgan fingerprint density at radius 3 is 3.04 bits per heavy atom. The van der Waals surface area contributed by atoms with Crippen LogP contribution in [0.3, 0.4) is 0 Å². The summed E-state index contributed by atoms with van der Waals surface area (Å²) in [4.78, 5) is 22.9. The van der Waals surface area contributed by atoms with E-state index in [1.165, 1.54) is 16.6 Å². The highest BCUT2D eigenvalue weighted by Crippen LogP contribution is 2.28. The first kappa shape index (κ1) is 14.3. The Morgan fingerprint density at radius 2 is 2.12 bits per heavy atom. The van der Waals surface area contributed by atoms with Crippen LogP contribution in [0.5, 0.6) is 0 Å². The maximum absolute atomic E-state index is 13.0. The second-order valence-electron chi connectivity index (χ2n) is 6.70. The molecular weight excluding hydrogens is 312 g/mol. The molecule has 0 spiro atoms. The summed E-state index contributed by atoms with van der Waals surface area (Å²) in [6.45, 7) is 3.37. The molecule has 3 aromatic heterocycles. The number of rotatable bonds is 1. The molecule has 0 atom stereocenters. The highest BCUT2D eigenvalue weighted by molar-refractivity contribution is 5.94. The molecule has 1 N–H and O–H groups in total. The molecule has 5 heteroatoms. The molecule has 0 saturated carbocycles. The fourth-order valence-electron chi connectivity index (χ4n) is 3.69. The second kappa shape index (κ2) is 5.21. The number of hydrogen-bond donors (Lipinski definition) is 1. The van der Waals surface area contributed by atoms with Crippen LogP contribution >= 0.6 is 0 Å². The van der Waals surface area contributed by atoms with E-state index in [9.17, 15) is 4.79 Å². The molecule has 1 aliphatic rings. The third-order valence-corrected chi connectivity index (χ3v) is 5.00. The lowest BCUT2D eigenvalue weighted by Crippen LogP contribution is -2.36. The lowest BCUT2D eigenvalue weighted by molar-refractivity contribution is 0.0730. The van der Waals surface area contributed by atoms with Gasteiger partial charge in [-0.25, -0.2) is 4.98 Å². The second-order valence-corrected chi connectivity index (χ2v) is 6.70. The fourth-order valence-corrected chi connectivity index (χ4v) is 3.69. The number of para-hydroxylation sites is 1. The third kappa shape index (κ3) is 2.23. The van der Waals surface area contributed by atoms with Crippen molar-refractivity contribution in [2.75, 3.05) is 6.54 Å². The van der Waals surface area contributed by atoms with Gasteiger partial charge < -0.3 is 14.3 Å². The summed E-state index contributed by atoms with van der Waals surface area (Å²) in [7, 11) is 0. The fraction of sp³-hybridized carbons (Fsp3) is 0.200. The molecule has 5 rings (SSSR count). The van der Waals surface area contributed by atoms with E-state index in [2.05, 4.69) is 22.1 Å². The first-order chi connectivity index (χ1) is 12.2. The van der Waals surface area contributed by atoms with Crippen LogP contribution in [0.25, 0.3) is 16.6 Å². The molecule has 5 nitrogen and oxygen atoms in total. The third-order valence-electron chi connectivity index (χ3n) is 5.00. The van der Waals surface area contributed by atoms with E-state index in [0.29, 0.717) is 18.8 Å². The first-order valence-electron chi connectivity index (χ1n) is 8.52. The number of nitrogens with zero attached hydrogens (tertiary/aromatic N) is 3. The predicted molar refractivity (Wildman–Crippen MR) is 96.7 cm³/mol. The van der Waals surface area contributed by atoms with E-state index in [4.69, 9.17) is 0 Å². The molecule has 0 unspecified atom stereocenters. The van der Waals surface area contributed by atoms with Crippen molar-refractivity contribution < 1.29 is 4.79 Å². The molecular formula is C20H18N4O. The zero-order chi connectivity index (χ0) is 17.0. The molecule has 1 aliphatic heterocycles. The van der Waals surface area contributed by atoms with Gasteiger partial charge in [-0.3, -0.25) is 4.79 Å². The minimum Gasteiger partial charge on any atom is -0.358 e. The Morgan fingerprint density at radius 1 is 1.24 bits per heavy atom. The SMILES string of the molecule is Cc1ccn2cc(C(=O)N3CCc4[nH]c5ccccc5c4C3)nc2c1. The molecule has 0 aliphatic carbocycles. The number of carbonyl (C=O) groups excluding carboxylic acids is 1. The van der Waals surface area contributed by atoms with Crippen molar-refractivity contribution in [3.8, 4) is 0 Å². The van der Waals surface area contributed by atoms with E-state index >= 15 is 0 Å². The van der Waals surface area contributed by atoms with Gasteiger partial charge in [0.15, 0.2) is 0 Å². The number of carbonyl (C=O) groups is 1. The van der Waals surface area contributed by atoms with Crippen LogP contribution in [-0.2, 0) is 13.0 Å². The maximum Gasteiger partial charge on any atom is 0.274 e. The van der Waals surface area contributed by atoms with Crippen LogP contribution in [0.4, 0.5) is 0 Å². The summed E-state index contributed by atoms with van der Waals surface area (Å²) in [5.41, 5.74) is 6.08. The number of amides is 1. The summed E-state index contributed by atoms with van der Waals surface area (Å²) in [6.07, 6.45) is 4.62. The van der Waals surface area contributed by atoms with E-state index in [0.717, 1.165) is 23.1 Å². The number of H-pyrrole nitrogens is 1. The Bertz CT molecular complexity index is 1120. The Kier molecular flexibility index (Phi) is 2.98. The van der Waals surface area contributed by atoms with Gasteiger partial charge >= 0.3 is 0 Å². The summed E-state index contributed by atoms with van der Waals surface area (Å²) in [5.74, 6) is -0.00251. The summed E-state index contributed by atoms with van der Waals surface area (Å²) < 4.78 is 1.90. The van der Waals surface area contributed by atoms with Gasteiger partial charge in [0.2, 0.25) is 0 Å². The Hall–Kier alpha value is -3.08. The average molecular weight is 330 g/mol. The number of hydrogen-bond acceptors (Lipinski definition) is 2. The Balaban J connectivity index is 1.49. The number of aryl methyl sites for hydroxylation is 1. The number of pyridine rings is 1. The first-order valence-corrected chi connectivity index (χ1v) is 8.52. The number of aromatic nitrogens is 3. The highest BCUT2D eigenvalue weighted by Gasteiger charge is 2.26. The molecule has 1 aromatic carbocycles. The van der Waals surface area contributed by atoms with E-state index in [1.54, 1.807) is 0 Å². The van der Waals surface area contributed by atoms with Crippen molar-refractivity contribution in [2.45, 2.75) is 19.9 Å². The minimum atomic E-state index is -0.00251. The molecule has 124 valence electrons. The van der Waals surface area contributed by atoms with Gasteiger partial charge in [0.05, 0.1) is 0 Å². The van der Waals surface area contributed by atoms with Gasteiger partial charge in [-0.05, 0) is 30.7 Å². The van der Waals surface area contributed by atoms with Gasteiger partial charge in [-0.2, -0.15) is 0 Å². The molecule has 0 saturated heterocycles. The molecule has 25 heavy (non-hydrogen) atoms. The smallest absolute Gasteiger partial charge is 0.274 e. The molecule has 4 heterocycles. The normalized spacial score (nSPS) is 14.2. The van der Waals surface area contributed by atoms with Crippen LogP contribution in [0.1, 0.15) is 27.3 Å². The van der Waals surface area contributed by atoms with Gasteiger partial charge in [0.1, 0.15) is 11.3 Å². The van der Waals surface area contributed by atoms with Crippen LogP contribution < -0.4 is 0 Å². The van der Waals surface area contributed by atoms with Crippen LogP contribution in [-0.4, -0.2) is 31.7 Å². The van der Waals surface area contributed by atoms with E-state index < -0.39 is 0 Å². The van der Waals surface area contributed by atoms with Crippen molar-refractivity contribution in [2.24, 2.45) is 0 Å². The van der Waals surface area contributed by atoms with Crippen LogP contribution in [0, 0.1) is 6.92 Å². The van der Waals surface area contributed by atoms with Gasteiger partial charge in [-0.15, -0.1) is 0 Å². The Labute approximate surface area is 144 Å². The van der Waals surface area contributed by atoms with Gasteiger partial charge in [0.25, 0.3) is 5.91 Å². The van der Waals surface area contributed by atoms with Gasteiger partial charge in [0, 0.05) is 54.1 Å². The minimum absolute atomic E-state index is 0.00251. The largest absolute Gasteiger partial charge is 0.358 e. The average Bonchev–Trinajstić information content (AvgIpc) is 3.21. The lowest BCUT2D eigenvalue weighted by Gasteiger charge is -2.26.